The van der Waals surface area contributed by atoms with Crippen LogP contribution in [0.3, 0.4) is 0 Å². The number of hydrogen-bond acceptors (Lipinski definition) is 3. The van der Waals surface area contributed by atoms with Crippen LogP contribution in [0, 0.1) is 6.92 Å². The van der Waals surface area contributed by atoms with E-state index in [4.69, 9.17) is 0 Å². The largest absolute Gasteiger partial charge is 0.353 e. The molecule has 0 radical (unpaired) electrons. The lowest BCUT2D eigenvalue weighted by molar-refractivity contribution is -0.121. The molecule has 2 N–H and O–H groups in total. The summed E-state index contributed by atoms with van der Waals surface area (Å²) in [5.41, 5.74) is 2.88. The lowest BCUT2D eigenvalue weighted by Crippen LogP contribution is -2.43. The number of nitrogens with zero attached hydrogens (tertiary/aromatic N) is 2. The van der Waals surface area contributed by atoms with Crippen molar-refractivity contribution in [1.29, 1.82) is 0 Å². The van der Waals surface area contributed by atoms with Crippen molar-refractivity contribution >= 4 is 11.6 Å². The molecule has 1 fully saturated rings. The molecule has 106 valence electrons. The van der Waals surface area contributed by atoms with Crippen molar-refractivity contribution in [3.63, 3.8) is 0 Å². The molecule has 0 atom stereocenters. The zero-order chi connectivity index (χ0) is 13.9. The second-order valence-corrected chi connectivity index (χ2v) is 5.42. The molecular formula is C15H20N4O. The Morgan fingerprint density at radius 1 is 1.50 bits per heavy atom. The summed E-state index contributed by atoms with van der Waals surface area (Å²) < 4.78 is 1.97. The first-order chi connectivity index (χ1) is 9.72. The predicted octanol–water partition coefficient (Wildman–Crippen LogP) is 1.05. The molecule has 5 nitrogen and oxygen atoms in total. The molecule has 0 saturated carbocycles. The molecule has 0 bridgehead atoms. The topological polar surface area (TPSA) is 58.4 Å². The van der Waals surface area contributed by atoms with Crippen molar-refractivity contribution in [2.75, 3.05) is 13.1 Å². The van der Waals surface area contributed by atoms with Crippen LogP contribution in [0.1, 0.15) is 24.1 Å². The number of amides is 1. The maximum absolute atomic E-state index is 12.1. The number of fused-ring (bicyclic) bond motifs is 1. The van der Waals surface area contributed by atoms with E-state index < -0.39 is 0 Å². The SMILES string of the molecule is Cc1cccn2cc(CC(=O)NC3CCNCC3)nc12. The van der Waals surface area contributed by atoms with Crippen molar-refractivity contribution in [2.45, 2.75) is 32.2 Å². The van der Waals surface area contributed by atoms with E-state index in [0.717, 1.165) is 42.8 Å². The van der Waals surface area contributed by atoms with Gasteiger partial charge in [0.25, 0.3) is 0 Å². The summed E-state index contributed by atoms with van der Waals surface area (Å²) in [5, 5.41) is 6.39. The van der Waals surface area contributed by atoms with E-state index in [2.05, 4.69) is 15.6 Å². The van der Waals surface area contributed by atoms with Crippen LogP contribution in [0.5, 0.6) is 0 Å². The Kier molecular flexibility index (Phi) is 3.69. The molecule has 0 unspecified atom stereocenters. The Balaban J connectivity index is 1.66. The molecule has 2 aromatic rings. The predicted molar refractivity (Wildman–Crippen MR) is 77.7 cm³/mol. The lowest BCUT2D eigenvalue weighted by atomic mass is 10.1. The van der Waals surface area contributed by atoms with Crippen molar-refractivity contribution < 1.29 is 4.79 Å². The van der Waals surface area contributed by atoms with Gasteiger partial charge >= 0.3 is 0 Å². The summed E-state index contributed by atoms with van der Waals surface area (Å²) in [5.74, 6) is 0.0676. The molecule has 1 saturated heterocycles. The highest BCUT2D eigenvalue weighted by Gasteiger charge is 2.16. The molecule has 2 aromatic heterocycles. The van der Waals surface area contributed by atoms with E-state index in [9.17, 15) is 4.79 Å². The molecule has 0 aliphatic carbocycles. The van der Waals surface area contributed by atoms with E-state index in [0.29, 0.717) is 12.5 Å². The maximum atomic E-state index is 12.1. The molecule has 3 heterocycles. The lowest BCUT2D eigenvalue weighted by Gasteiger charge is -2.23. The zero-order valence-corrected chi connectivity index (χ0v) is 11.7. The van der Waals surface area contributed by atoms with E-state index >= 15 is 0 Å². The first-order valence-corrected chi connectivity index (χ1v) is 7.15. The fourth-order valence-electron chi connectivity index (χ4n) is 2.70. The minimum atomic E-state index is 0.0676. The zero-order valence-electron chi connectivity index (χ0n) is 11.7. The molecular weight excluding hydrogens is 252 g/mol. The highest BCUT2D eigenvalue weighted by Crippen LogP contribution is 2.10. The van der Waals surface area contributed by atoms with Gasteiger partial charge in [0.2, 0.25) is 5.91 Å². The molecule has 1 aliphatic heterocycles. The van der Waals surface area contributed by atoms with Gasteiger partial charge in [0.1, 0.15) is 5.65 Å². The third-order valence-electron chi connectivity index (χ3n) is 3.77. The number of pyridine rings is 1. The van der Waals surface area contributed by atoms with Gasteiger partial charge in [0, 0.05) is 18.4 Å². The number of carbonyl (C=O) groups is 1. The van der Waals surface area contributed by atoms with Crippen LogP contribution >= 0.6 is 0 Å². The number of piperidine rings is 1. The highest BCUT2D eigenvalue weighted by molar-refractivity contribution is 5.78. The van der Waals surface area contributed by atoms with Crippen molar-refractivity contribution in [2.24, 2.45) is 0 Å². The average molecular weight is 272 g/mol. The number of carbonyl (C=O) groups excluding carboxylic acids is 1. The summed E-state index contributed by atoms with van der Waals surface area (Å²) >= 11 is 0. The van der Waals surface area contributed by atoms with Crippen molar-refractivity contribution in [1.82, 2.24) is 20.0 Å². The van der Waals surface area contributed by atoms with Gasteiger partial charge in [-0.3, -0.25) is 4.79 Å². The number of hydrogen-bond donors (Lipinski definition) is 2. The Hall–Kier alpha value is -1.88. The molecule has 1 amide bonds. The van der Waals surface area contributed by atoms with E-state index in [1.165, 1.54) is 0 Å². The summed E-state index contributed by atoms with van der Waals surface area (Å²) in [6.45, 7) is 4.00. The summed E-state index contributed by atoms with van der Waals surface area (Å²) in [6, 6.07) is 4.33. The number of aromatic nitrogens is 2. The van der Waals surface area contributed by atoms with Crippen LogP contribution in [0.2, 0.25) is 0 Å². The van der Waals surface area contributed by atoms with Gasteiger partial charge in [0.05, 0.1) is 12.1 Å². The highest BCUT2D eigenvalue weighted by atomic mass is 16.1. The van der Waals surface area contributed by atoms with Crippen molar-refractivity contribution in [3.05, 3.63) is 35.8 Å². The first-order valence-electron chi connectivity index (χ1n) is 7.15. The summed E-state index contributed by atoms with van der Waals surface area (Å²) in [4.78, 5) is 16.6. The van der Waals surface area contributed by atoms with Crippen LogP contribution in [-0.2, 0) is 11.2 Å². The quantitative estimate of drug-likeness (QED) is 0.878. The monoisotopic (exact) mass is 272 g/mol. The van der Waals surface area contributed by atoms with E-state index in [1.807, 2.05) is 35.9 Å². The Labute approximate surface area is 118 Å². The minimum Gasteiger partial charge on any atom is -0.353 e. The summed E-state index contributed by atoms with van der Waals surface area (Å²) in [7, 11) is 0. The number of imidazole rings is 1. The fourth-order valence-corrected chi connectivity index (χ4v) is 2.70. The van der Waals surface area contributed by atoms with Gasteiger partial charge in [-0.25, -0.2) is 4.98 Å². The van der Waals surface area contributed by atoms with Gasteiger partial charge in [-0.1, -0.05) is 6.07 Å². The van der Waals surface area contributed by atoms with Crippen LogP contribution in [0.15, 0.2) is 24.5 Å². The van der Waals surface area contributed by atoms with Gasteiger partial charge in [-0.05, 0) is 44.5 Å². The third-order valence-corrected chi connectivity index (χ3v) is 3.77. The van der Waals surface area contributed by atoms with Crippen LogP contribution in [-0.4, -0.2) is 34.4 Å². The molecule has 3 rings (SSSR count). The van der Waals surface area contributed by atoms with Crippen LogP contribution in [0.4, 0.5) is 0 Å². The maximum Gasteiger partial charge on any atom is 0.226 e. The Morgan fingerprint density at radius 3 is 3.05 bits per heavy atom. The molecule has 20 heavy (non-hydrogen) atoms. The number of nitrogens with one attached hydrogen (secondary N) is 2. The second kappa shape index (κ2) is 5.63. The van der Waals surface area contributed by atoms with Crippen LogP contribution < -0.4 is 10.6 Å². The van der Waals surface area contributed by atoms with Crippen molar-refractivity contribution in [3.8, 4) is 0 Å². The second-order valence-electron chi connectivity index (χ2n) is 5.42. The minimum absolute atomic E-state index is 0.0676. The van der Waals surface area contributed by atoms with Gasteiger partial charge in [-0.2, -0.15) is 0 Å². The Bertz CT molecular complexity index is 613. The molecule has 5 heteroatoms. The van der Waals surface area contributed by atoms with Gasteiger partial charge < -0.3 is 15.0 Å². The van der Waals surface area contributed by atoms with Gasteiger partial charge in [-0.15, -0.1) is 0 Å². The van der Waals surface area contributed by atoms with E-state index in [-0.39, 0.29) is 5.91 Å². The summed E-state index contributed by atoms with van der Waals surface area (Å²) in [6.07, 6.45) is 6.27. The van der Waals surface area contributed by atoms with E-state index in [1.54, 1.807) is 0 Å². The number of aryl methyl sites for hydroxylation is 1. The first kappa shape index (κ1) is 13.1. The fraction of sp³-hybridized carbons (Fsp3) is 0.467. The third kappa shape index (κ3) is 2.82. The van der Waals surface area contributed by atoms with Gasteiger partial charge in [0.15, 0.2) is 0 Å². The Morgan fingerprint density at radius 2 is 2.30 bits per heavy atom. The standard InChI is InChI=1S/C15H20N4O/c1-11-3-2-8-19-10-13(18-15(11)19)9-14(20)17-12-4-6-16-7-5-12/h2-3,8,10,12,16H,4-7,9H2,1H3,(H,17,20). The smallest absolute Gasteiger partial charge is 0.226 e. The normalized spacial score (nSPS) is 16.4. The van der Waals surface area contributed by atoms with Crippen LogP contribution in [0.25, 0.3) is 5.65 Å². The molecule has 0 spiro atoms. The number of rotatable bonds is 3. The molecule has 1 aliphatic rings. The average Bonchev–Trinajstić information content (AvgIpc) is 2.83. The molecule has 0 aromatic carbocycles.